The summed E-state index contributed by atoms with van der Waals surface area (Å²) in [5.74, 6) is -1.90. The summed E-state index contributed by atoms with van der Waals surface area (Å²) in [6, 6.07) is 34.9. The minimum atomic E-state index is -5.10. The number of hydrogen-bond acceptors (Lipinski definition) is 42. The van der Waals surface area contributed by atoms with Gasteiger partial charge >= 0.3 is 0 Å². The lowest BCUT2D eigenvalue weighted by molar-refractivity contribution is 0.472. The van der Waals surface area contributed by atoms with Crippen LogP contribution in [0.4, 0.5) is 115 Å². The Bertz CT molecular complexity index is 7050. The van der Waals surface area contributed by atoms with Crippen molar-refractivity contribution in [3.05, 3.63) is 170 Å². The van der Waals surface area contributed by atoms with Gasteiger partial charge in [-0.1, -0.05) is 38.1 Å². The molecule has 0 fully saturated rings. The number of likely N-dealkylation sites (N-methyl/N-ethyl adjacent to an activating group) is 2. The molecule has 13 aromatic rings. The number of azo groups is 4. The molecule has 2 aromatic heterocycles. The number of benzene rings is 11. The number of nitrogens with one attached hydrogen (secondary N) is 8. The molecule has 130 heavy (non-hydrogen) atoms. The maximum atomic E-state index is 13.1. The molecule has 48 nitrogen and oxygen atoms in total. The molecule has 13 rings (SSSR count). The molecule has 0 bridgehead atoms. The molecule has 54 heteroatoms. The van der Waals surface area contributed by atoms with Crippen LogP contribution in [0.15, 0.2) is 240 Å². The Morgan fingerprint density at radius 1 is 0.323 bits per heavy atom. The van der Waals surface area contributed by atoms with Crippen molar-refractivity contribution in [3.63, 3.8) is 0 Å². The third kappa shape index (κ3) is 22.6. The zero-order valence-electron chi connectivity index (χ0n) is 67.6. The number of hydrogen-bond donors (Lipinski definition) is 20. The second kappa shape index (κ2) is 39.0. The maximum Gasteiger partial charge on any atom is 0.296 e. The number of fused-ring (bicyclic) bond motifs is 4. The molecule has 0 aliphatic rings. The highest BCUT2D eigenvalue weighted by atomic mass is 32.2. The van der Waals surface area contributed by atoms with Crippen LogP contribution in [0.2, 0.25) is 0 Å². The molecule has 0 aliphatic heterocycles. The smallest absolute Gasteiger partial charge is 0.296 e. The molecule has 0 amide bonds. The lowest BCUT2D eigenvalue weighted by atomic mass is 10.1. The summed E-state index contributed by atoms with van der Waals surface area (Å²) >= 11 is 0. The van der Waals surface area contributed by atoms with Crippen molar-refractivity contribution in [2.45, 2.75) is 43.2 Å². The number of phenolic OH excluding ortho intramolecular Hbond substituents is 2. The van der Waals surface area contributed by atoms with E-state index in [9.17, 15) is 88.0 Å². The van der Waals surface area contributed by atoms with Gasteiger partial charge in [0.15, 0.2) is 11.5 Å². The number of anilines is 12. The van der Waals surface area contributed by atoms with Crippen molar-refractivity contribution >= 4 is 219 Å². The Hall–Kier alpha value is -13.9. The first-order chi connectivity index (χ1) is 61.6. The second-order valence-corrected chi connectivity index (χ2v) is 36.2. The molecular formula is C76H78N28O20S6. The molecule has 0 unspecified atom stereocenters. The number of phenols is 2. The molecule has 0 atom stereocenters. The van der Waals surface area contributed by atoms with Crippen LogP contribution >= 0.6 is 0 Å². The van der Waals surface area contributed by atoms with Crippen LogP contribution in [0.25, 0.3) is 43.1 Å². The highest BCUT2D eigenvalue weighted by Gasteiger charge is 2.28. The van der Waals surface area contributed by atoms with Gasteiger partial charge in [0.25, 0.3) is 60.7 Å². The van der Waals surface area contributed by atoms with Gasteiger partial charge in [0.2, 0.25) is 35.7 Å². The number of rotatable bonds is 38. The van der Waals surface area contributed by atoms with Gasteiger partial charge in [-0.2, -0.15) is 80.4 Å². The molecule has 0 aliphatic carbocycles. The average Bonchev–Trinajstić information content (AvgIpc) is 0.763. The van der Waals surface area contributed by atoms with E-state index in [0.717, 1.165) is 48.5 Å². The first kappa shape index (κ1) is 93.7. The summed E-state index contributed by atoms with van der Waals surface area (Å²) in [6.07, 6.45) is 0. The third-order valence-electron chi connectivity index (χ3n) is 18.8. The summed E-state index contributed by atoms with van der Waals surface area (Å²) in [7, 11) is -30.2. The van der Waals surface area contributed by atoms with Crippen LogP contribution in [-0.4, -0.2) is 183 Å². The van der Waals surface area contributed by atoms with Crippen molar-refractivity contribution in [1.29, 1.82) is 0 Å². The zero-order valence-corrected chi connectivity index (χ0v) is 72.5. The monoisotopic (exact) mass is 1890 g/mol. The van der Waals surface area contributed by atoms with Crippen molar-refractivity contribution in [3.8, 4) is 11.5 Å². The number of nitrogen functional groups attached to an aromatic ring is 2. The van der Waals surface area contributed by atoms with E-state index in [1.165, 1.54) is 97.1 Å². The molecular weight excluding hydrogens is 1820 g/mol. The highest BCUT2D eigenvalue weighted by Crippen LogP contribution is 2.47. The van der Waals surface area contributed by atoms with Crippen molar-refractivity contribution < 1.29 is 88.0 Å². The Morgan fingerprint density at radius 3 is 0.977 bits per heavy atom. The Balaban J connectivity index is 0.804. The van der Waals surface area contributed by atoms with E-state index in [0.29, 0.717) is 37.6 Å². The van der Waals surface area contributed by atoms with Crippen molar-refractivity contribution in [1.82, 2.24) is 51.4 Å². The largest absolute Gasteiger partial charge is 0.505 e. The number of aromatic hydroxyl groups is 2. The fourth-order valence-electron chi connectivity index (χ4n) is 12.8. The van der Waals surface area contributed by atoms with E-state index in [2.05, 4.69) is 104 Å². The molecule has 11 aromatic carbocycles. The van der Waals surface area contributed by atoms with E-state index >= 15 is 0 Å². The molecule has 678 valence electrons. The normalized spacial score (nSPS) is 12.6. The van der Waals surface area contributed by atoms with E-state index in [1.807, 2.05) is 13.8 Å². The molecule has 0 saturated carbocycles. The van der Waals surface area contributed by atoms with Crippen molar-refractivity contribution in [2.24, 2.45) is 52.4 Å². The van der Waals surface area contributed by atoms with E-state index in [-0.39, 0.29) is 164 Å². The van der Waals surface area contributed by atoms with Crippen LogP contribution in [0.5, 0.6) is 11.5 Å². The Kier molecular flexibility index (Phi) is 28.1. The van der Waals surface area contributed by atoms with Crippen LogP contribution < -0.4 is 75.7 Å². The highest BCUT2D eigenvalue weighted by molar-refractivity contribution is 7.87. The number of aromatic nitrogens is 6. The van der Waals surface area contributed by atoms with Gasteiger partial charge in [-0.25, -0.2) is 10.9 Å². The Morgan fingerprint density at radius 2 is 0.646 bits per heavy atom. The minimum absolute atomic E-state index is 0.0201. The third-order valence-corrected chi connectivity index (χ3v) is 24.0. The summed E-state index contributed by atoms with van der Waals surface area (Å²) < 4.78 is 215. The van der Waals surface area contributed by atoms with Gasteiger partial charge in [-0.05, 0) is 169 Å². The first-order valence-electron chi connectivity index (χ1n) is 38.2. The SMILES string of the molecule is CCNCCN(NCCN)c1nc(Nc2ccc(Nc3nc(Nc4ccc(S(=O)(=O)O)c(N=Nc5ccc(N=Nc6c(S(=O)(=O)O)cc7ccc(N)cc7c6O)c6cc(S(=O)(=O)O)ccc56)c4)nc(N(CCNCC)NCCN)n3)cc2)nc(Nc2ccc(S(=O)(=O)O)c(N=Nc3ccc(N=Nc4c(S(=O)(=O)O)cc5ccc(N)cc5c4O)c4cc(S(=O)(=O)O)ccc34)c2)n1. The Labute approximate surface area is 739 Å². The van der Waals surface area contributed by atoms with Gasteiger partial charge in [0.1, 0.15) is 42.3 Å². The quantitative estimate of drug-likeness (QED) is 0.00562. The van der Waals surface area contributed by atoms with Crippen molar-refractivity contribution in [2.75, 3.05) is 108 Å². The van der Waals surface area contributed by atoms with Gasteiger partial charge < -0.3 is 65.0 Å². The van der Waals surface area contributed by atoms with E-state index in [1.54, 1.807) is 34.3 Å². The number of nitrogens with zero attached hydrogens (tertiary/aromatic N) is 16. The summed E-state index contributed by atoms with van der Waals surface area (Å²) in [4.78, 5) is 23.6. The van der Waals surface area contributed by atoms with Crippen LogP contribution in [0.3, 0.4) is 0 Å². The summed E-state index contributed by atoms with van der Waals surface area (Å²) in [5.41, 5.74) is 28.3. The predicted octanol–water partition coefficient (Wildman–Crippen LogP) is 11.1. The second-order valence-electron chi connectivity index (χ2n) is 27.8. The molecule has 0 radical (unpaired) electrons. The van der Waals surface area contributed by atoms with Gasteiger partial charge in [0.05, 0.1) is 32.5 Å². The lowest BCUT2D eigenvalue weighted by Gasteiger charge is -2.24. The van der Waals surface area contributed by atoms with Gasteiger partial charge in [0, 0.05) is 119 Å². The minimum Gasteiger partial charge on any atom is -0.505 e. The maximum absolute atomic E-state index is 13.1. The van der Waals surface area contributed by atoms with Gasteiger partial charge in [-0.15, -0.1) is 40.9 Å². The number of hydrazine groups is 2. The molecule has 0 spiro atoms. The lowest BCUT2D eigenvalue weighted by Crippen LogP contribution is -2.45. The number of nitrogens with two attached hydrogens (primary N) is 4. The first-order valence-corrected chi connectivity index (χ1v) is 46.9. The van der Waals surface area contributed by atoms with E-state index in [4.69, 9.17) is 32.9 Å². The average molecular weight is 1900 g/mol. The van der Waals surface area contributed by atoms with Crippen LogP contribution in [0, 0.1) is 0 Å². The van der Waals surface area contributed by atoms with Crippen LogP contribution in [0.1, 0.15) is 13.8 Å². The standard InChI is InChI=1S/C76H78N28O20S6/c1-3-81-29-31-103(83-27-25-77)75-91-71(89-73(93-75)87-47-13-23-63(127(113,114)115)61(37-47)99-95-57-19-21-59(55-39-49(125(107,108)109)15-17-51(55)57)97-101-67-65(129(119,120)121)33-41-5-7-43(79)35-53(41)69(67)105)85-45-9-11-46(12-10-45)86-72-90-74(94-76(92-72)104(84-28-26-78)32-30-82-4-2)88-48-14-24-64(128(116,117)118)62(38-48)100-96-58-20-22-60(56-40-50(126(110,111)112)16-18-52(56)58)98-102-68-66(130(122,123)124)34-42-6-8-44(80)36-54(42)70(68)106/h5-24,33-40,81-84,105-106H,3-4,25-32,77-80H2,1-2H3,(H,107,108,109)(H,110,111,112)(H,113,114,115)(H,116,117,118)(H,119,120,121)(H,122,123,124)(H2,85,87,89,91,93)(H2,86,88,90,92,94). The molecule has 24 N–H and O–H groups in total. The van der Waals surface area contributed by atoms with E-state index < -0.39 is 124 Å². The molecule has 2 heterocycles. The summed E-state index contributed by atoms with van der Waals surface area (Å²) in [6.45, 7) is 7.20. The van der Waals surface area contributed by atoms with Crippen LogP contribution in [-0.2, 0) is 60.7 Å². The van der Waals surface area contributed by atoms with Gasteiger partial charge in [-0.3, -0.25) is 37.3 Å². The molecule has 0 saturated heterocycles. The predicted molar refractivity (Wildman–Crippen MR) is 482 cm³/mol. The summed E-state index contributed by atoms with van der Waals surface area (Å²) in [5, 5.41) is 77.9. The fraction of sp³-hybridized carbons (Fsp3) is 0.158. The zero-order chi connectivity index (χ0) is 93.4. The fourth-order valence-corrected chi connectivity index (χ4v) is 16.3. The topological polar surface area (TPSA) is 750 Å².